The summed E-state index contributed by atoms with van der Waals surface area (Å²) in [6.45, 7) is 8.31. The minimum Gasteiger partial charge on any atom is -0.383 e. The molecule has 3 nitrogen and oxygen atoms in total. The second kappa shape index (κ2) is 5.74. The van der Waals surface area contributed by atoms with E-state index >= 15 is 0 Å². The van der Waals surface area contributed by atoms with Gasteiger partial charge in [0.25, 0.3) is 0 Å². The second-order valence-electron chi connectivity index (χ2n) is 4.15. The lowest BCUT2D eigenvalue weighted by atomic mass is 10.0. The van der Waals surface area contributed by atoms with Gasteiger partial charge in [-0.1, -0.05) is 13.3 Å². The molecule has 0 amide bonds. The summed E-state index contributed by atoms with van der Waals surface area (Å²) in [5.74, 6) is 0. The largest absolute Gasteiger partial charge is 0.640 e. The van der Waals surface area contributed by atoms with Crippen molar-refractivity contribution in [1.29, 1.82) is 0 Å². The molecule has 0 saturated carbocycles. The maximum Gasteiger partial charge on any atom is 0.640 e. The Labute approximate surface area is 87.3 Å². The molecular formula is C10H21BO3. The van der Waals surface area contributed by atoms with E-state index in [0.29, 0.717) is 0 Å². The SMILES string of the molecule is CCCC(C)OB1OC(C)CC(C)O1. The molecule has 0 aromatic heterocycles. The molecule has 0 aromatic rings. The summed E-state index contributed by atoms with van der Waals surface area (Å²) in [5, 5.41) is 0. The Morgan fingerprint density at radius 3 is 2.43 bits per heavy atom. The molecule has 0 N–H and O–H groups in total. The Balaban J connectivity index is 2.29. The molecule has 3 unspecified atom stereocenters. The van der Waals surface area contributed by atoms with Gasteiger partial charge in [-0.2, -0.15) is 0 Å². The summed E-state index contributed by atoms with van der Waals surface area (Å²) in [6.07, 6.45) is 3.80. The fourth-order valence-electron chi connectivity index (χ4n) is 1.72. The molecular weight excluding hydrogens is 179 g/mol. The van der Waals surface area contributed by atoms with Crippen molar-refractivity contribution in [1.82, 2.24) is 0 Å². The highest BCUT2D eigenvalue weighted by Crippen LogP contribution is 2.17. The van der Waals surface area contributed by atoms with Crippen molar-refractivity contribution in [2.24, 2.45) is 0 Å². The van der Waals surface area contributed by atoms with Gasteiger partial charge in [0.1, 0.15) is 0 Å². The summed E-state index contributed by atoms with van der Waals surface area (Å²) in [4.78, 5) is 0. The molecule has 14 heavy (non-hydrogen) atoms. The average molecular weight is 200 g/mol. The van der Waals surface area contributed by atoms with Gasteiger partial charge in [0, 0.05) is 18.3 Å². The predicted octanol–water partition coefficient (Wildman–Crippen LogP) is 2.39. The van der Waals surface area contributed by atoms with Gasteiger partial charge >= 0.3 is 7.32 Å². The minimum atomic E-state index is -0.463. The van der Waals surface area contributed by atoms with Crippen LogP contribution in [0.5, 0.6) is 0 Å². The van der Waals surface area contributed by atoms with E-state index in [1.165, 1.54) is 0 Å². The monoisotopic (exact) mass is 200 g/mol. The standard InChI is InChI=1S/C10H21BO3/c1-5-6-8(2)12-11-13-9(3)7-10(4)14-11/h8-10H,5-7H2,1-4H3. The summed E-state index contributed by atoms with van der Waals surface area (Å²) < 4.78 is 16.7. The van der Waals surface area contributed by atoms with Crippen LogP contribution >= 0.6 is 0 Å². The maximum absolute atomic E-state index is 5.63. The molecule has 1 saturated heterocycles. The van der Waals surface area contributed by atoms with Crippen LogP contribution < -0.4 is 0 Å². The first kappa shape index (κ1) is 12.0. The third-order valence-electron chi connectivity index (χ3n) is 2.39. The van der Waals surface area contributed by atoms with Gasteiger partial charge < -0.3 is 14.0 Å². The first-order valence-corrected chi connectivity index (χ1v) is 5.58. The van der Waals surface area contributed by atoms with Crippen molar-refractivity contribution in [3.63, 3.8) is 0 Å². The molecule has 1 rings (SSSR count). The molecule has 1 aliphatic rings. The van der Waals surface area contributed by atoms with Crippen molar-refractivity contribution in [3.8, 4) is 0 Å². The van der Waals surface area contributed by atoms with Crippen molar-refractivity contribution >= 4 is 7.32 Å². The van der Waals surface area contributed by atoms with Gasteiger partial charge in [0.05, 0.1) is 0 Å². The van der Waals surface area contributed by atoms with Gasteiger partial charge in [-0.3, -0.25) is 0 Å². The van der Waals surface area contributed by atoms with Crippen molar-refractivity contribution in [3.05, 3.63) is 0 Å². The van der Waals surface area contributed by atoms with Crippen LogP contribution in [0.25, 0.3) is 0 Å². The highest BCUT2D eigenvalue weighted by Gasteiger charge is 2.33. The summed E-state index contributed by atoms with van der Waals surface area (Å²) >= 11 is 0. The zero-order chi connectivity index (χ0) is 10.6. The molecule has 82 valence electrons. The van der Waals surface area contributed by atoms with E-state index < -0.39 is 7.32 Å². The van der Waals surface area contributed by atoms with Crippen LogP contribution in [0.3, 0.4) is 0 Å². The lowest BCUT2D eigenvalue weighted by Gasteiger charge is -2.30. The molecule has 0 aromatic carbocycles. The molecule has 4 heteroatoms. The van der Waals surface area contributed by atoms with Gasteiger partial charge in [-0.05, 0) is 33.6 Å². The lowest BCUT2D eigenvalue weighted by molar-refractivity contribution is -0.0330. The molecule has 3 atom stereocenters. The second-order valence-corrected chi connectivity index (χ2v) is 4.15. The predicted molar refractivity (Wildman–Crippen MR) is 56.9 cm³/mol. The zero-order valence-electron chi connectivity index (χ0n) is 9.66. The Bertz CT molecular complexity index is 155. The van der Waals surface area contributed by atoms with E-state index in [4.69, 9.17) is 14.0 Å². The number of hydrogen-bond acceptors (Lipinski definition) is 3. The van der Waals surface area contributed by atoms with E-state index in [-0.39, 0.29) is 18.3 Å². The van der Waals surface area contributed by atoms with Gasteiger partial charge in [-0.15, -0.1) is 0 Å². The van der Waals surface area contributed by atoms with Crippen molar-refractivity contribution in [2.75, 3.05) is 0 Å². The molecule has 1 heterocycles. The van der Waals surface area contributed by atoms with Crippen LogP contribution in [-0.4, -0.2) is 25.6 Å². The quantitative estimate of drug-likeness (QED) is 0.652. The van der Waals surface area contributed by atoms with E-state index in [9.17, 15) is 0 Å². The van der Waals surface area contributed by atoms with Crippen LogP contribution in [-0.2, 0) is 14.0 Å². The van der Waals surface area contributed by atoms with E-state index in [0.717, 1.165) is 19.3 Å². The summed E-state index contributed by atoms with van der Waals surface area (Å²) in [5.41, 5.74) is 0. The highest BCUT2D eigenvalue weighted by molar-refractivity contribution is 6.36. The van der Waals surface area contributed by atoms with Gasteiger partial charge in [0.15, 0.2) is 0 Å². The molecule has 0 aliphatic carbocycles. The first-order valence-electron chi connectivity index (χ1n) is 5.58. The molecule has 1 aliphatic heterocycles. The van der Waals surface area contributed by atoms with Gasteiger partial charge in [0.2, 0.25) is 0 Å². The van der Waals surface area contributed by atoms with Crippen LogP contribution in [0.4, 0.5) is 0 Å². The summed E-state index contributed by atoms with van der Waals surface area (Å²) in [6, 6.07) is 0. The zero-order valence-corrected chi connectivity index (χ0v) is 9.66. The Morgan fingerprint density at radius 1 is 1.36 bits per heavy atom. The first-order chi connectivity index (χ1) is 6.61. The molecule has 0 bridgehead atoms. The fourth-order valence-corrected chi connectivity index (χ4v) is 1.72. The highest BCUT2D eigenvalue weighted by atomic mass is 16.7. The Hall–Kier alpha value is -0.0551. The normalized spacial score (nSPS) is 30.4. The average Bonchev–Trinajstić information content (AvgIpc) is 2.01. The number of hydrogen-bond donors (Lipinski definition) is 0. The van der Waals surface area contributed by atoms with Crippen molar-refractivity contribution < 1.29 is 14.0 Å². The number of rotatable bonds is 4. The van der Waals surface area contributed by atoms with E-state index in [1.807, 2.05) is 0 Å². The molecule has 0 spiro atoms. The topological polar surface area (TPSA) is 27.7 Å². The van der Waals surface area contributed by atoms with Gasteiger partial charge in [-0.25, -0.2) is 0 Å². The smallest absolute Gasteiger partial charge is 0.383 e. The Morgan fingerprint density at radius 2 is 1.93 bits per heavy atom. The molecule has 0 radical (unpaired) electrons. The minimum absolute atomic E-state index is 0.211. The van der Waals surface area contributed by atoms with Crippen molar-refractivity contribution in [2.45, 2.75) is 65.3 Å². The third-order valence-corrected chi connectivity index (χ3v) is 2.39. The molecule has 1 fully saturated rings. The fraction of sp³-hybridized carbons (Fsp3) is 1.00. The lowest BCUT2D eigenvalue weighted by Crippen LogP contribution is -2.42. The van der Waals surface area contributed by atoms with E-state index in [1.54, 1.807) is 0 Å². The Kier molecular flexibility index (Phi) is 4.92. The van der Waals surface area contributed by atoms with Crippen LogP contribution in [0.1, 0.15) is 47.0 Å². The van der Waals surface area contributed by atoms with Crippen LogP contribution in [0, 0.1) is 0 Å². The third kappa shape index (κ3) is 3.99. The van der Waals surface area contributed by atoms with E-state index in [2.05, 4.69) is 27.7 Å². The van der Waals surface area contributed by atoms with Crippen LogP contribution in [0.15, 0.2) is 0 Å². The summed E-state index contributed by atoms with van der Waals surface area (Å²) in [7, 11) is -0.463. The maximum atomic E-state index is 5.63. The van der Waals surface area contributed by atoms with Crippen LogP contribution in [0.2, 0.25) is 0 Å².